The lowest BCUT2D eigenvalue weighted by molar-refractivity contribution is -0.167. The highest BCUT2D eigenvalue weighted by Gasteiger charge is 2.48. The van der Waals surface area contributed by atoms with Crippen molar-refractivity contribution >= 4 is 5.97 Å². The van der Waals surface area contributed by atoms with Crippen LogP contribution in [0.15, 0.2) is 16.9 Å². The van der Waals surface area contributed by atoms with E-state index in [1.165, 1.54) is 12.5 Å². The van der Waals surface area contributed by atoms with Gasteiger partial charge in [0.1, 0.15) is 0 Å². The zero-order valence-corrected chi connectivity index (χ0v) is 7.86. The molecule has 0 saturated heterocycles. The van der Waals surface area contributed by atoms with E-state index in [9.17, 15) is 9.90 Å². The Morgan fingerprint density at radius 3 is 3.00 bits per heavy atom. The molecule has 4 heteroatoms. The van der Waals surface area contributed by atoms with Crippen molar-refractivity contribution in [3.63, 3.8) is 0 Å². The highest BCUT2D eigenvalue weighted by atomic mass is 16.4. The molecule has 0 saturated carbocycles. The lowest BCUT2D eigenvalue weighted by Gasteiger charge is -2.33. The van der Waals surface area contributed by atoms with Crippen molar-refractivity contribution < 1.29 is 19.4 Å². The molecule has 0 spiro atoms. The van der Waals surface area contributed by atoms with Crippen LogP contribution in [0.4, 0.5) is 0 Å². The maximum atomic E-state index is 11.1. The molecule has 1 aliphatic rings. The summed E-state index contributed by atoms with van der Waals surface area (Å²) in [6.07, 6.45) is 4.27. The molecule has 1 aliphatic carbocycles. The van der Waals surface area contributed by atoms with E-state index in [4.69, 9.17) is 9.52 Å². The summed E-state index contributed by atoms with van der Waals surface area (Å²) in [6, 6.07) is 0. The maximum absolute atomic E-state index is 11.1. The minimum absolute atomic E-state index is 0.287. The van der Waals surface area contributed by atoms with Crippen molar-refractivity contribution in [1.82, 2.24) is 0 Å². The van der Waals surface area contributed by atoms with Gasteiger partial charge in [0.15, 0.2) is 5.60 Å². The molecule has 0 fully saturated rings. The van der Waals surface area contributed by atoms with Crippen LogP contribution in [0.3, 0.4) is 0 Å². The second-order valence-corrected chi connectivity index (χ2v) is 3.82. The van der Waals surface area contributed by atoms with Crippen LogP contribution in [0.5, 0.6) is 0 Å². The molecule has 76 valence electrons. The highest BCUT2D eigenvalue weighted by Crippen LogP contribution is 2.40. The molecule has 0 aliphatic heterocycles. The van der Waals surface area contributed by atoms with Crippen LogP contribution in [0, 0.1) is 5.92 Å². The molecular weight excluding hydrogens is 184 g/mol. The van der Waals surface area contributed by atoms with Crippen molar-refractivity contribution in [3.05, 3.63) is 23.7 Å². The molecular formula is C10H12O4. The zero-order chi connectivity index (χ0) is 10.3. The Hall–Kier alpha value is -1.29. The van der Waals surface area contributed by atoms with Gasteiger partial charge in [0, 0.05) is 11.5 Å². The normalized spacial score (nSPS) is 31.1. The third kappa shape index (κ3) is 1.00. The third-order valence-corrected chi connectivity index (χ3v) is 3.04. The fraction of sp³-hybridized carbons (Fsp3) is 0.500. The lowest BCUT2D eigenvalue weighted by Crippen LogP contribution is -2.44. The number of carbonyl (C=O) groups is 1. The number of aliphatic hydroxyl groups is 1. The van der Waals surface area contributed by atoms with Crippen molar-refractivity contribution in [2.45, 2.75) is 25.4 Å². The summed E-state index contributed by atoms with van der Waals surface area (Å²) < 4.78 is 4.94. The lowest BCUT2D eigenvalue weighted by atomic mass is 9.74. The predicted molar refractivity (Wildman–Crippen MR) is 47.7 cm³/mol. The number of carboxylic acid groups (broad SMARTS) is 1. The number of aliphatic carboxylic acids is 1. The summed E-state index contributed by atoms with van der Waals surface area (Å²) in [5.41, 5.74) is -0.572. The number of hydrogen-bond donors (Lipinski definition) is 2. The number of aryl methyl sites for hydroxylation is 1. The Bertz CT molecular complexity index is 368. The Labute approximate surface area is 81.2 Å². The smallest absolute Gasteiger partial charge is 0.340 e. The Morgan fingerprint density at radius 1 is 1.64 bits per heavy atom. The molecule has 2 atom stereocenters. The molecule has 1 aromatic rings. The van der Waals surface area contributed by atoms with Gasteiger partial charge in [0.2, 0.25) is 0 Å². The molecule has 1 aromatic heterocycles. The summed E-state index contributed by atoms with van der Waals surface area (Å²) in [7, 11) is 0. The van der Waals surface area contributed by atoms with Crippen LogP contribution in [-0.4, -0.2) is 16.2 Å². The summed E-state index contributed by atoms with van der Waals surface area (Å²) in [5.74, 6) is -1.49. The standard InChI is InChI=1S/C10H12O4/c1-6-2-3-7-4-14-5-8(7)10(6,13)9(11)12/h4-6,13H,2-3H2,1H3,(H,11,12). The molecule has 0 bridgehead atoms. The first-order chi connectivity index (χ1) is 6.56. The van der Waals surface area contributed by atoms with Gasteiger partial charge in [-0.05, 0) is 18.4 Å². The second kappa shape index (κ2) is 2.85. The van der Waals surface area contributed by atoms with Gasteiger partial charge in [-0.25, -0.2) is 4.79 Å². The molecule has 2 rings (SSSR count). The molecule has 0 radical (unpaired) electrons. The van der Waals surface area contributed by atoms with Crippen LogP contribution < -0.4 is 0 Å². The fourth-order valence-electron chi connectivity index (χ4n) is 2.02. The predicted octanol–water partition coefficient (Wildman–Crippen LogP) is 1.13. The highest BCUT2D eigenvalue weighted by molar-refractivity contribution is 5.80. The van der Waals surface area contributed by atoms with Crippen molar-refractivity contribution in [3.8, 4) is 0 Å². The molecule has 2 unspecified atom stereocenters. The monoisotopic (exact) mass is 196 g/mol. The molecule has 0 amide bonds. The topological polar surface area (TPSA) is 70.7 Å². The van der Waals surface area contributed by atoms with Gasteiger partial charge in [-0.1, -0.05) is 6.92 Å². The fourth-order valence-corrected chi connectivity index (χ4v) is 2.02. The quantitative estimate of drug-likeness (QED) is 0.706. The SMILES string of the molecule is CC1CCc2cocc2C1(O)C(=O)O. The van der Waals surface area contributed by atoms with Gasteiger partial charge >= 0.3 is 5.97 Å². The number of rotatable bonds is 1. The van der Waals surface area contributed by atoms with E-state index in [0.29, 0.717) is 12.0 Å². The van der Waals surface area contributed by atoms with Gasteiger partial charge in [-0.2, -0.15) is 0 Å². The van der Waals surface area contributed by atoms with Gasteiger partial charge < -0.3 is 14.6 Å². The summed E-state index contributed by atoms with van der Waals surface area (Å²) in [4.78, 5) is 11.1. The van der Waals surface area contributed by atoms with Crippen molar-refractivity contribution in [2.75, 3.05) is 0 Å². The van der Waals surface area contributed by atoms with Gasteiger partial charge in [-0.15, -0.1) is 0 Å². The number of furan rings is 1. The van der Waals surface area contributed by atoms with E-state index in [1.54, 1.807) is 6.92 Å². The minimum atomic E-state index is -1.78. The van der Waals surface area contributed by atoms with Crippen LogP contribution >= 0.6 is 0 Å². The van der Waals surface area contributed by atoms with Crippen LogP contribution in [0.25, 0.3) is 0 Å². The number of carboxylic acids is 1. The number of fused-ring (bicyclic) bond motifs is 1. The van der Waals surface area contributed by atoms with E-state index >= 15 is 0 Å². The van der Waals surface area contributed by atoms with Gasteiger partial charge in [0.25, 0.3) is 0 Å². The van der Waals surface area contributed by atoms with E-state index in [2.05, 4.69) is 0 Å². The number of hydrogen-bond acceptors (Lipinski definition) is 3. The molecule has 0 aromatic carbocycles. The minimum Gasteiger partial charge on any atom is -0.479 e. The van der Waals surface area contributed by atoms with Crippen LogP contribution in [-0.2, 0) is 16.8 Å². The third-order valence-electron chi connectivity index (χ3n) is 3.04. The second-order valence-electron chi connectivity index (χ2n) is 3.82. The summed E-state index contributed by atoms with van der Waals surface area (Å²) in [6.45, 7) is 1.74. The van der Waals surface area contributed by atoms with E-state index < -0.39 is 11.6 Å². The maximum Gasteiger partial charge on any atom is 0.340 e. The van der Waals surface area contributed by atoms with E-state index in [0.717, 1.165) is 12.0 Å². The first-order valence-electron chi connectivity index (χ1n) is 4.58. The molecule has 4 nitrogen and oxygen atoms in total. The van der Waals surface area contributed by atoms with Crippen molar-refractivity contribution in [2.24, 2.45) is 5.92 Å². The van der Waals surface area contributed by atoms with E-state index in [-0.39, 0.29) is 5.92 Å². The van der Waals surface area contributed by atoms with Crippen LogP contribution in [0.2, 0.25) is 0 Å². The Morgan fingerprint density at radius 2 is 2.36 bits per heavy atom. The van der Waals surface area contributed by atoms with Gasteiger partial charge in [-0.3, -0.25) is 0 Å². The Balaban J connectivity index is 2.56. The van der Waals surface area contributed by atoms with Crippen molar-refractivity contribution in [1.29, 1.82) is 0 Å². The molecule has 1 heterocycles. The first-order valence-corrected chi connectivity index (χ1v) is 4.58. The zero-order valence-electron chi connectivity index (χ0n) is 7.86. The largest absolute Gasteiger partial charge is 0.479 e. The molecule has 2 N–H and O–H groups in total. The molecule has 14 heavy (non-hydrogen) atoms. The first kappa shape index (κ1) is 9.27. The van der Waals surface area contributed by atoms with E-state index in [1.807, 2.05) is 0 Å². The Kier molecular flexibility index (Phi) is 1.89. The van der Waals surface area contributed by atoms with Crippen LogP contribution in [0.1, 0.15) is 24.5 Å². The average molecular weight is 196 g/mol. The summed E-state index contributed by atoms with van der Waals surface area (Å²) in [5, 5.41) is 19.1. The summed E-state index contributed by atoms with van der Waals surface area (Å²) >= 11 is 0. The average Bonchev–Trinajstić information content (AvgIpc) is 2.59. The van der Waals surface area contributed by atoms with Gasteiger partial charge in [0.05, 0.1) is 12.5 Å².